The molecule has 0 unspecified atom stereocenters. The van der Waals surface area contributed by atoms with Crippen molar-refractivity contribution in [2.24, 2.45) is 11.8 Å². The largest absolute Gasteiger partial charge is 0.392 e. The minimum absolute atomic E-state index is 0.0624. The summed E-state index contributed by atoms with van der Waals surface area (Å²) < 4.78 is 7.42. The molecule has 4 aromatic rings. The summed E-state index contributed by atoms with van der Waals surface area (Å²) in [6.45, 7) is 4.39. The van der Waals surface area contributed by atoms with Gasteiger partial charge in [-0.25, -0.2) is 9.50 Å². The highest BCUT2D eigenvalue weighted by atomic mass is 16.5. The molecule has 7 nitrogen and oxygen atoms in total. The van der Waals surface area contributed by atoms with Gasteiger partial charge < -0.3 is 15.2 Å². The topological polar surface area (TPSA) is 88.8 Å². The second kappa shape index (κ2) is 10.7. The van der Waals surface area contributed by atoms with Crippen molar-refractivity contribution in [1.82, 2.24) is 14.6 Å². The van der Waals surface area contributed by atoms with E-state index in [9.17, 15) is 9.90 Å². The van der Waals surface area contributed by atoms with Gasteiger partial charge >= 0.3 is 0 Å². The SMILES string of the molecule is Cc1cc(-c2cnc3c(NCC4CCOCC4)cc(-c4ccccc4CO)nn23)ccc1C(=O)CC1CC1. The molecule has 38 heavy (non-hydrogen) atoms. The molecule has 7 heteroatoms. The molecule has 196 valence electrons. The normalized spacial score (nSPS) is 16.2. The molecule has 1 aliphatic carbocycles. The summed E-state index contributed by atoms with van der Waals surface area (Å²) in [6, 6.07) is 15.8. The van der Waals surface area contributed by atoms with Gasteiger partial charge in [0.15, 0.2) is 11.4 Å². The summed E-state index contributed by atoms with van der Waals surface area (Å²) in [4.78, 5) is 17.5. The lowest BCUT2D eigenvalue weighted by Crippen LogP contribution is -2.23. The summed E-state index contributed by atoms with van der Waals surface area (Å²) in [5.74, 6) is 1.34. The van der Waals surface area contributed by atoms with Gasteiger partial charge in [-0.15, -0.1) is 0 Å². The van der Waals surface area contributed by atoms with E-state index in [4.69, 9.17) is 14.8 Å². The van der Waals surface area contributed by atoms with Crippen LogP contribution in [0, 0.1) is 18.8 Å². The van der Waals surface area contributed by atoms with Crippen LogP contribution in [0.25, 0.3) is 28.2 Å². The van der Waals surface area contributed by atoms with Gasteiger partial charge in [0.25, 0.3) is 0 Å². The Kier molecular flexibility index (Phi) is 6.96. The number of nitrogens with one attached hydrogen (secondary N) is 1. The Morgan fingerprint density at radius 2 is 1.89 bits per heavy atom. The van der Waals surface area contributed by atoms with Crippen LogP contribution in [0.3, 0.4) is 0 Å². The van der Waals surface area contributed by atoms with Crippen molar-refractivity contribution < 1.29 is 14.6 Å². The number of fused-ring (bicyclic) bond motifs is 1. The first kappa shape index (κ1) is 24.8. The van der Waals surface area contributed by atoms with Gasteiger partial charge in [0.1, 0.15) is 0 Å². The van der Waals surface area contributed by atoms with Gasteiger partial charge in [0.2, 0.25) is 0 Å². The van der Waals surface area contributed by atoms with Crippen molar-refractivity contribution in [3.05, 3.63) is 71.4 Å². The number of anilines is 1. The number of rotatable bonds is 9. The zero-order valence-electron chi connectivity index (χ0n) is 21.8. The molecule has 0 radical (unpaired) electrons. The minimum Gasteiger partial charge on any atom is -0.392 e. The Morgan fingerprint density at radius 3 is 2.66 bits per heavy atom. The monoisotopic (exact) mass is 510 g/mol. The van der Waals surface area contributed by atoms with E-state index in [2.05, 4.69) is 11.4 Å². The third-order valence-corrected chi connectivity index (χ3v) is 7.85. The highest BCUT2D eigenvalue weighted by Gasteiger charge is 2.26. The van der Waals surface area contributed by atoms with Crippen LogP contribution in [-0.2, 0) is 11.3 Å². The molecule has 2 aromatic carbocycles. The molecule has 1 aliphatic heterocycles. The number of nitrogens with zero attached hydrogens (tertiary/aromatic N) is 3. The van der Waals surface area contributed by atoms with Crippen LogP contribution >= 0.6 is 0 Å². The first-order valence-electron chi connectivity index (χ1n) is 13.6. The van der Waals surface area contributed by atoms with Crippen molar-refractivity contribution in [2.45, 2.75) is 45.6 Å². The summed E-state index contributed by atoms with van der Waals surface area (Å²) in [7, 11) is 0. The molecule has 3 heterocycles. The first-order valence-corrected chi connectivity index (χ1v) is 13.6. The van der Waals surface area contributed by atoms with Crippen molar-refractivity contribution in [1.29, 1.82) is 0 Å². The lowest BCUT2D eigenvalue weighted by atomic mass is 9.98. The summed E-state index contributed by atoms with van der Waals surface area (Å²) >= 11 is 0. The molecule has 2 fully saturated rings. The van der Waals surface area contributed by atoms with E-state index in [-0.39, 0.29) is 12.4 Å². The molecular formula is C31H34N4O3. The predicted molar refractivity (Wildman–Crippen MR) is 148 cm³/mol. The summed E-state index contributed by atoms with van der Waals surface area (Å²) in [5.41, 5.74) is 7.76. The van der Waals surface area contributed by atoms with Gasteiger partial charge in [-0.05, 0) is 67.7 Å². The number of aliphatic hydroxyl groups excluding tert-OH is 1. The molecule has 0 spiro atoms. The van der Waals surface area contributed by atoms with Crippen molar-refractivity contribution in [3.63, 3.8) is 0 Å². The molecule has 0 amide bonds. The average Bonchev–Trinajstić information content (AvgIpc) is 3.66. The molecule has 2 N–H and O–H groups in total. The third kappa shape index (κ3) is 5.08. The molecular weight excluding hydrogens is 476 g/mol. The predicted octanol–water partition coefficient (Wildman–Crippen LogP) is 5.69. The fourth-order valence-electron chi connectivity index (χ4n) is 5.37. The second-order valence-electron chi connectivity index (χ2n) is 10.7. The van der Waals surface area contributed by atoms with Gasteiger partial charge in [0.05, 0.1) is 29.9 Å². The number of Topliss-reactive ketones (excluding diaryl/α,β-unsaturated/α-hetero) is 1. The van der Waals surface area contributed by atoms with Crippen LogP contribution in [0.1, 0.15) is 53.6 Å². The van der Waals surface area contributed by atoms with Crippen LogP contribution in [0.4, 0.5) is 5.69 Å². The summed E-state index contributed by atoms with van der Waals surface area (Å²) in [6.07, 6.45) is 6.92. The van der Waals surface area contributed by atoms with E-state index in [1.165, 1.54) is 12.8 Å². The Hall–Kier alpha value is -3.55. The number of benzene rings is 2. The van der Waals surface area contributed by atoms with Crippen LogP contribution in [0.15, 0.2) is 54.7 Å². The maximum Gasteiger partial charge on any atom is 0.177 e. The number of aromatic nitrogens is 3. The van der Waals surface area contributed by atoms with Crippen LogP contribution in [0.5, 0.6) is 0 Å². The number of carbonyl (C=O) groups excluding carboxylic acids is 1. The number of ketones is 1. The fourth-order valence-corrected chi connectivity index (χ4v) is 5.37. The lowest BCUT2D eigenvalue weighted by molar-refractivity contribution is 0.0699. The Morgan fingerprint density at radius 1 is 1.08 bits per heavy atom. The quantitative estimate of drug-likeness (QED) is 0.282. The zero-order valence-corrected chi connectivity index (χ0v) is 21.8. The van der Waals surface area contributed by atoms with Crippen LogP contribution in [0.2, 0.25) is 0 Å². The summed E-state index contributed by atoms with van der Waals surface area (Å²) in [5, 5.41) is 18.6. The fraction of sp³-hybridized carbons (Fsp3) is 0.387. The minimum atomic E-state index is -0.0624. The molecule has 2 aromatic heterocycles. The van der Waals surface area contributed by atoms with Crippen molar-refractivity contribution in [3.8, 4) is 22.5 Å². The Bertz CT molecular complexity index is 1470. The van der Waals surface area contributed by atoms with E-state index in [0.29, 0.717) is 18.3 Å². The molecule has 1 saturated heterocycles. The number of carbonyl (C=O) groups is 1. The van der Waals surface area contributed by atoms with E-state index in [1.54, 1.807) is 0 Å². The maximum absolute atomic E-state index is 12.8. The molecule has 0 atom stereocenters. The van der Waals surface area contributed by atoms with E-state index < -0.39 is 0 Å². The third-order valence-electron chi connectivity index (χ3n) is 7.85. The maximum atomic E-state index is 12.8. The Balaban J connectivity index is 1.40. The van der Waals surface area contributed by atoms with E-state index >= 15 is 0 Å². The van der Waals surface area contributed by atoms with Gasteiger partial charge in [0, 0.05) is 42.9 Å². The number of aryl methyl sites for hydroxylation is 1. The Labute approximate surface area is 222 Å². The van der Waals surface area contributed by atoms with Gasteiger partial charge in [-0.2, -0.15) is 5.10 Å². The molecule has 2 aliphatic rings. The van der Waals surface area contributed by atoms with Gasteiger partial charge in [-0.1, -0.05) is 36.4 Å². The molecule has 0 bridgehead atoms. The first-order chi connectivity index (χ1) is 18.6. The number of imidazole rings is 1. The smallest absolute Gasteiger partial charge is 0.177 e. The number of hydrogen-bond acceptors (Lipinski definition) is 6. The lowest BCUT2D eigenvalue weighted by Gasteiger charge is -2.23. The number of aliphatic hydroxyl groups is 1. The van der Waals surface area contributed by atoms with Crippen molar-refractivity contribution >= 4 is 17.1 Å². The van der Waals surface area contributed by atoms with Crippen LogP contribution in [-0.4, -0.2) is 45.2 Å². The number of hydrogen-bond donors (Lipinski definition) is 2. The highest BCUT2D eigenvalue weighted by molar-refractivity contribution is 5.98. The second-order valence-corrected chi connectivity index (χ2v) is 10.7. The standard InChI is InChI=1S/C31H34N4O3/c1-20-14-23(8-9-25(20)30(37)15-21-6-7-21)29-18-33-31-28(32-17-22-10-12-38-13-11-22)16-27(34-35(29)31)26-5-3-2-4-24(26)19-36/h2-5,8-9,14,16,18,21-22,32,36H,6-7,10-13,15,17,19H2,1H3. The van der Waals surface area contributed by atoms with E-state index in [0.717, 1.165) is 83.1 Å². The van der Waals surface area contributed by atoms with Crippen LogP contribution < -0.4 is 5.32 Å². The zero-order chi connectivity index (χ0) is 26.1. The van der Waals surface area contributed by atoms with Crippen molar-refractivity contribution in [2.75, 3.05) is 25.1 Å². The van der Waals surface area contributed by atoms with E-state index in [1.807, 2.05) is 60.1 Å². The number of ether oxygens (including phenoxy) is 1. The van der Waals surface area contributed by atoms with Gasteiger partial charge in [-0.3, -0.25) is 4.79 Å². The molecule has 6 rings (SSSR count). The highest BCUT2D eigenvalue weighted by Crippen LogP contribution is 2.35. The average molecular weight is 511 g/mol. The molecule has 1 saturated carbocycles.